The van der Waals surface area contributed by atoms with Crippen molar-refractivity contribution in [3.63, 3.8) is 0 Å². The Labute approximate surface area is 669 Å². The highest BCUT2D eigenvalue weighted by Crippen LogP contribution is 2.40. The Morgan fingerprint density at radius 3 is 0.754 bits per heavy atom. The highest BCUT2D eigenvalue weighted by Gasteiger charge is 2.61. The van der Waals surface area contributed by atoms with Gasteiger partial charge in [0.1, 0.15) is 219 Å². The Bertz CT molecular complexity index is 3230. The number of aliphatic hydroxyl groups excluding tert-OH is 23. The van der Waals surface area contributed by atoms with Gasteiger partial charge in [-0.1, -0.05) is 0 Å². The molecule has 29 N–H and O–H groups in total. The van der Waals surface area contributed by atoms with Crippen LogP contribution >= 0.6 is 0 Å². The molecule has 0 aromatic heterocycles. The van der Waals surface area contributed by atoms with Crippen LogP contribution in [0.2, 0.25) is 0 Å². The van der Waals surface area contributed by atoms with E-state index < -0.39 is 371 Å². The van der Waals surface area contributed by atoms with Gasteiger partial charge in [-0.05, 0) is 0 Å². The average Bonchev–Trinajstić information content (AvgIpc) is 0.769. The lowest BCUT2D eigenvalue weighted by atomic mass is 9.93. The highest BCUT2D eigenvalue weighted by molar-refractivity contribution is 5.75. The number of ether oxygens (including phenoxy) is 17. The molecule has 0 aromatic carbocycles. The van der Waals surface area contributed by atoms with Crippen molar-refractivity contribution in [2.45, 2.75) is 318 Å². The molecule has 9 aliphatic heterocycles. The molecule has 52 heteroatoms. The summed E-state index contributed by atoms with van der Waals surface area (Å²) in [6, 6.07) is -10.4. The number of hydrogen-bond donors (Lipinski definition) is 29. The fourth-order valence-corrected chi connectivity index (χ4v) is 15.3. The molecule has 0 radical (unpaired) electrons. The Hall–Kier alpha value is -4.78. The summed E-state index contributed by atoms with van der Waals surface area (Å²) in [6.07, 6.45) is -78.6. The maximum Gasteiger partial charge on any atom is 0.217 e. The maximum absolute atomic E-state index is 12.9. The van der Waals surface area contributed by atoms with Gasteiger partial charge in [0.05, 0.1) is 59.5 Å². The van der Waals surface area contributed by atoms with E-state index >= 15 is 0 Å². The van der Waals surface area contributed by atoms with E-state index in [0.717, 1.165) is 41.5 Å². The topological polar surface area (TPSA) is 797 Å². The second kappa shape index (κ2) is 42.7. The van der Waals surface area contributed by atoms with Crippen molar-refractivity contribution in [1.29, 1.82) is 0 Å². The fourth-order valence-electron chi connectivity index (χ4n) is 15.3. The summed E-state index contributed by atoms with van der Waals surface area (Å²) >= 11 is 0. The van der Waals surface area contributed by atoms with Gasteiger partial charge in [0.2, 0.25) is 35.4 Å². The van der Waals surface area contributed by atoms with Gasteiger partial charge in [0.25, 0.3) is 0 Å². The number of carbonyl (C=O) groups excluding carboxylic acids is 6. The Morgan fingerprint density at radius 2 is 0.441 bits per heavy atom. The first-order valence-electron chi connectivity index (χ1n) is 37.6. The summed E-state index contributed by atoms with van der Waals surface area (Å²) in [4.78, 5) is 75.1. The lowest BCUT2D eigenvalue weighted by Crippen LogP contribution is -2.71. The molecule has 9 aliphatic rings. The molecule has 45 atom stereocenters. The van der Waals surface area contributed by atoms with Crippen LogP contribution in [-0.2, 0) is 109 Å². The molecule has 52 nitrogen and oxygen atoms in total. The second-order valence-electron chi connectivity index (χ2n) is 29.6. The van der Waals surface area contributed by atoms with Gasteiger partial charge in [-0.15, -0.1) is 0 Å². The van der Waals surface area contributed by atoms with Crippen LogP contribution < -0.4 is 31.9 Å². The normalized spacial score (nSPS) is 46.9. The van der Waals surface area contributed by atoms with Crippen molar-refractivity contribution in [2.75, 3.05) is 59.5 Å². The summed E-state index contributed by atoms with van der Waals surface area (Å²) in [5.41, 5.74) is 0. The van der Waals surface area contributed by atoms with Crippen molar-refractivity contribution < 1.29 is 227 Å². The van der Waals surface area contributed by atoms with Crippen LogP contribution in [-0.4, -0.2) is 488 Å². The lowest BCUT2D eigenvalue weighted by molar-refractivity contribution is -0.392. The molecule has 680 valence electrons. The second-order valence-corrected chi connectivity index (χ2v) is 29.6. The molecular weight excluding hydrogens is 1610 g/mol. The molecule has 118 heavy (non-hydrogen) atoms. The third-order valence-corrected chi connectivity index (χ3v) is 21.2. The Morgan fingerprint density at radius 1 is 0.220 bits per heavy atom. The third-order valence-electron chi connectivity index (χ3n) is 21.2. The zero-order chi connectivity index (χ0) is 87.1. The first kappa shape index (κ1) is 97.0. The van der Waals surface area contributed by atoms with Crippen LogP contribution in [0.5, 0.6) is 0 Å². The minimum atomic E-state index is -2.50. The molecule has 6 amide bonds. The molecule has 9 saturated heterocycles. The smallest absolute Gasteiger partial charge is 0.217 e. The van der Waals surface area contributed by atoms with E-state index in [1.165, 1.54) is 0 Å². The molecule has 0 saturated carbocycles. The third kappa shape index (κ3) is 21.9. The summed E-state index contributed by atoms with van der Waals surface area (Å²) in [5, 5.41) is 272. The first-order valence-corrected chi connectivity index (χ1v) is 37.6. The number of amides is 6. The Balaban J connectivity index is 0.971. The maximum atomic E-state index is 12.9. The molecule has 0 spiro atoms. The summed E-state index contributed by atoms with van der Waals surface area (Å²) < 4.78 is 101. The van der Waals surface area contributed by atoms with Crippen LogP contribution in [0.3, 0.4) is 0 Å². The molecule has 0 aromatic rings. The minimum absolute atomic E-state index is 0.772. The van der Waals surface area contributed by atoms with Gasteiger partial charge in [-0.3, -0.25) is 28.8 Å². The first-order chi connectivity index (χ1) is 55.8. The van der Waals surface area contributed by atoms with Crippen molar-refractivity contribution in [3.05, 3.63) is 0 Å². The fraction of sp³-hybridized carbons (Fsp3) is 0.909. The molecule has 0 bridgehead atoms. The van der Waals surface area contributed by atoms with Gasteiger partial charge in [0, 0.05) is 41.5 Å². The lowest BCUT2D eigenvalue weighted by Gasteiger charge is -2.51. The number of hydrogen-bond acceptors (Lipinski definition) is 46. The van der Waals surface area contributed by atoms with Gasteiger partial charge in [0.15, 0.2) is 56.6 Å². The minimum Gasteiger partial charge on any atom is -0.394 e. The standard InChI is InChI=1S/C66H110N6O46/c1-16(81)67-31-42(92)51(24(9-75)103-58(31)101)112-61-36(72-21(6)86)45(95)54(27(12-78)108-61)117-66-50(100)57(118-65-49(99)47(97)56(29(14-80)110-65)116-63-35(71-20(5)85)44(94)53(26(11-77)107-63)114-60-33(69-18(3)83)41(91)38(88)23(8-74)105-60)39(89)30(111-66)15-102-64-48(98)46(96)55(28(13-79)109-64)115-62-34(70-19(4)84)43(93)52(25(10-76)106-62)113-59-32(68-17(2)82)40(90)37(87)22(7-73)104-59/h22-66,73-80,87-101H,7-15H2,1-6H3,(H,67,81)(H,68,82)(H,69,83)(H,70,84)(H,71,85)(H,72,86)/t22-,23-,24-,25-,26-,27-,28-,29-,30-,31-,32-,33-,34-,35-,36-,37+,38+,39-,40-,41-,42-,43-,44-,45-,46-,47-,48+,49+,50+,51-,52-,53-,54-,55-,56-,57+,58-,59+,60+,61+,62+,63+,64+,65-,66+/m1/s1. The number of nitrogens with one attached hydrogen (secondary N) is 6. The number of aliphatic hydroxyl groups is 23. The quantitative estimate of drug-likeness (QED) is 0.0306. The van der Waals surface area contributed by atoms with E-state index in [1.54, 1.807) is 0 Å². The number of rotatable bonds is 31. The van der Waals surface area contributed by atoms with Crippen LogP contribution in [0.4, 0.5) is 0 Å². The molecule has 9 rings (SSSR count). The highest BCUT2D eigenvalue weighted by atomic mass is 16.8. The van der Waals surface area contributed by atoms with Crippen LogP contribution in [0, 0.1) is 0 Å². The molecule has 0 aliphatic carbocycles. The van der Waals surface area contributed by atoms with E-state index in [1.807, 2.05) is 0 Å². The van der Waals surface area contributed by atoms with Gasteiger partial charge in [-0.25, -0.2) is 0 Å². The van der Waals surface area contributed by atoms with Crippen molar-refractivity contribution in [3.8, 4) is 0 Å². The average molecular weight is 1720 g/mol. The van der Waals surface area contributed by atoms with Crippen molar-refractivity contribution in [2.24, 2.45) is 0 Å². The van der Waals surface area contributed by atoms with E-state index in [0.29, 0.717) is 0 Å². The molecular formula is C66H110N6O46. The van der Waals surface area contributed by atoms with Crippen molar-refractivity contribution >= 4 is 35.4 Å². The van der Waals surface area contributed by atoms with E-state index in [2.05, 4.69) is 31.9 Å². The Kier molecular flexibility index (Phi) is 35.1. The predicted octanol–water partition coefficient (Wildman–Crippen LogP) is -19.8. The summed E-state index contributed by atoms with van der Waals surface area (Å²) in [7, 11) is 0. The largest absolute Gasteiger partial charge is 0.394 e. The predicted molar refractivity (Wildman–Crippen MR) is 367 cm³/mol. The van der Waals surface area contributed by atoms with E-state index in [9.17, 15) is 146 Å². The van der Waals surface area contributed by atoms with Gasteiger partial charge in [-0.2, -0.15) is 0 Å². The molecule has 0 unspecified atom stereocenters. The number of carbonyl (C=O) groups is 6. The van der Waals surface area contributed by atoms with E-state index in [4.69, 9.17) is 80.5 Å². The summed E-state index contributed by atoms with van der Waals surface area (Å²) in [5.74, 6) is -5.03. The molecule has 9 heterocycles. The summed E-state index contributed by atoms with van der Waals surface area (Å²) in [6.45, 7) is -3.61. The SMILES string of the molecule is CC(=O)N[C@@H]1[C@@H](O)[C@H](O[C@@H]2O[C@H](CO)[C@@H](O[C@@H]3O[C@H](CO[C@H]4O[C@H](CO)[C@@H](O[C@@H]5O[C@H](CO)[C@@H](O[C@@H]6O[C@H](CO)[C@H](O)[C@H](O)[C@H]6NC(C)=O)[C@H](O)[C@H]5NC(C)=O)[C@H](O)[C@@H]4O)[C@@H](O)[C@H](O[C@H]4O[C@H](CO)[C@@H](O[C@@H]5O[C@H](CO)[C@@H](O[C@@H]6O[C@H](CO)[C@H](O)[C@H](O)[C@H]6NC(C)=O)[C@H](O)[C@H]5NC(C)=O)[C@H](O)[C@@H]4O)[C@@H]3O)[C@H](O)[C@H]2NC(C)=O)[C@@H](CO)O[C@H]1O. The zero-order valence-corrected chi connectivity index (χ0v) is 64.0. The van der Waals surface area contributed by atoms with E-state index in [-0.39, 0.29) is 0 Å². The van der Waals surface area contributed by atoms with Gasteiger partial charge < -0.3 is 230 Å². The zero-order valence-electron chi connectivity index (χ0n) is 64.0. The van der Waals surface area contributed by atoms with Crippen molar-refractivity contribution in [1.82, 2.24) is 31.9 Å². The van der Waals surface area contributed by atoms with Crippen LogP contribution in [0.25, 0.3) is 0 Å². The van der Waals surface area contributed by atoms with Gasteiger partial charge >= 0.3 is 0 Å². The molecule has 9 fully saturated rings. The van der Waals surface area contributed by atoms with Crippen LogP contribution in [0.15, 0.2) is 0 Å². The monoisotopic (exact) mass is 1720 g/mol. The van der Waals surface area contributed by atoms with Crippen LogP contribution in [0.1, 0.15) is 41.5 Å².